The second-order valence-corrected chi connectivity index (χ2v) is 10.9. The Balaban J connectivity index is 1.49. The van der Waals surface area contributed by atoms with Gasteiger partial charge in [-0.05, 0) is 56.2 Å². The van der Waals surface area contributed by atoms with Crippen molar-refractivity contribution in [3.8, 4) is 17.1 Å². The van der Waals surface area contributed by atoms with E-state index in [1.54, 1.807) is 0 Å². The van der Waals surface area contributed by atoms with E-state index in [0.717, 1.165) is 50.2 Å². The zero-order chi connectivity index (χ0) is 24.9. The minimum atomic E-state index is 0.294. The molecule has 1 aliphatic carbocycles. The van der Waals surface area contributed by atoms with Crippen molar-refractivity contribution in [1.29, 1.82) is 0 Å². The molecule has 0 N–H and O–H groups in total. The molecule has 0 radical (unpaired) electrons. The molecule has 1 aromatic heterocycles. The molecule has 0 saturated heterocycles. The van der Waals surface area contributed by atoms with Crippen molar-refractivity contribution in [2.24, 2.45) is 5.92 Å². The quantitative estimate of drug-likeness (QED) is 0.294. The zero-order valence-electron chi connectivity index (χ0n) is 22.5. The number of imidazole rings is 1. The minimum absolute atomic E-state index is 0.294. The largest absolute Gasteiger partial charge is 0.493 e. The number of nitrogens with zero attached hydrogens (tertiary/aromatic N) is 3. The van der Waals surface area contributed by atoms with Gasteiger partial charge in [-0.2, -0.15) is 0 Å². The molecule has 1 aliphatic heterocycles. The third-order valence-corrected chi connectivity index (χ3v) is 8.27. The Bertz CT molecular complexity index is 1130. The van der Waals surface area contributed by atoms with Gasteiger partial charge >= 0.3 is 0 Å². The number of aryl methyl sites for hydroxylation is 1. The Kier molecular flexibility index (Phi) is 8.11. The van der Waals surface area contributed by atoms with E-state index < -0.39 is 0 Å². The summed E-state index contributed by atoms with van der Waals surface area (Å²) in [6, 6.07) is 17.9. The van der Waals surface area contributed by atoms with Gasteiger partial charge in [0.15, 0.2) is 0 Å². The van der Waals surface area contributed by atoms with Crippen LogP contribution in [0.5, 0.6) is 5.75 Å². The Morgan fingerprint density at radius 1 is 1.08 bits per heavy atom. The van der Waals surface area contributed by atoms with Gasteiger partial charge in [0.1, 0.15) is 11.6 Å². The molecular weight excluding hydrogens is 442 g/mol. The molecule has 0 amide bonds. The lowest BCUT2D eigenvalue weighted by molar-refractivity contribution is 0.144. The summed E-state index contributed by atoms with van der Waals surface area (Å²) < 4.78 is 8.44. The first-order valence-corrected chi connectivity index (χ1v) is 14.2. The van der Waals surface area contributed by atoms with E-state index >= 15 is 0 Å². The van der Waals surface area contributed by atoms with Crippen molar-refractivity contribution >= 4 is 0 Å². The highest BCUT2D eigenvalue weighted by Gasteiger charge is 2.28. The Hall–Kier alpha value is -2.59. The second kappa shape index (κ2) is 11.6. The first-order chi connectivity index (χ1) is 17.6. The average molecular weight is 486 g/mol. The van der Waals surface area contributed by atoms with E-state index in [9.17, 15) is 0 Å². The topological polar surface area (TPSA) is 30.3 Å². The van der Waals surface area contributed by atoms with Crippen LogP contribution in [0.1, 0.15) is 87.3 Å². The normalized spacial score (nSPS) is 16.8. The van der Waals surface area contributed by atoms with Crippen LogP contribution < -0.4 is 4.74 Å². The summed E-state index contributed by atoms with van der Waals surface area (Å²) in [6.07, 6.45) is 10.3. The van der Waals surface area contributed by atoms with Gasteiger partial charge in [0.2, 0.25) is 0 Å². The molecule has 0 spiro atoms. The summed E-state index contributed by atoms with van der Waals surface area (Å²) in [7, 11) is 0. The molecule has 0 bridgehead atoms. The minimum Gasteiger partial charge on any atom is -0.493 e. The van der Waals surface area contributed by atoms with Crippen LogP contribution in [0.15, 0.2) is 48.5 Å². The highest BCUT2D eigenvalue weighted by molar-refractivity contribution is 5.57. The van der Waals surface area contributed by atoms with Gasteiger partial charge in [-0.15, -0.1) is 0 Å². The SMILES string of the molecule is CCCCn1c(-c2ccccc2)nc(C)c1[C@H](C)N(Cc1ccc2c(c1)OCC2)CC1CCCCC1. The molecule has 192 valence electrons. The maximum Gasteiger partial charge on any atom is 0.140 e. The fourth-order valence-electron chi connectivity index (χ4n) is 6.24. The summed E-state index contributed by atoms with van der Waals surface area (Å²) in [5.41, 5.74) is 6.48. The number of benzene rings is 2. The molecule has 5 rings (SSSR count). The third-order valence-electron chi connectivity index (χ3n) is 8.27. The molecule has 1 saturated carbocycles. The monoisotopic (exact) mass is 485 g/mol. The predicted molar refractivity (Wildman–Crippen MR) is 148 cm³/mol. The zero-order valence-corrected chi connectivity index (χ0v) is 22.5. The van der Waals surface area contributed by atoms with Crippen molar-refractivity contribution in [1.82, 2.24) is 14.5 Å². The third kappa shape index (κ3) is 5.54. The van der Waals surface area contributed by atoms with Crippen LogP contribution >= 0.6 is 0 Å². The number of ether oxygens (including phenoxy) is 1. The molecule has 1 atom stereocenters. The number of rotatable bonds is 10. The molecular formula is C32H43N3O. The van der Waals surface area contributed by atoms with E-state index in [1.807, 2.05) is 0 Å². The van der Waals surface area contributed by atoms with Crippen LogP contribution in [0.4, 0.5) is 0 Å². The fourth-order valence-corrected chi connectivity index (χ4v) is 6.24. The van der Waals surface area contributed by atoms with Crippen molar-refractivity contribution in [3.63, 3.8) is 0 Å². The molecule has 1 fully saturated rings. The van der Waals surface area contributed by atoms with Gasteiger partial charge in [-0.3, -0.25) is 4.90 Å². The van der Waals surface area contributed by atoms with Crippen molar-refractivity contribution in [3.05, 3.63) is 71.0 Å². The number of aromatic nitrogens is 2. The lowest BCUT2D eigenvalue weighted by atomic mass is 9.88. The highest BCUT2D eigenvalue weighted by Crippen LogP contribution is 2.34. The van der Waals surface area contributed by atoms with Gasteiger partial charge in [-0.25, -0.2) is 4.98 Å². The van der Waals surface area contributed by atoms with Gasteiger partial charge < -0.3 is 9.30 Å². The van der Waals surface area contributed by atoms with Crippen molar-refractivity contribution in [2.45, 2.75) is 91.3 Å². The van der Waals surface area contributed by atoms with Crippen LogP contribution in [0.25, 0.3) is 11.4 Å². The Labute approximate surface area is 217 Å². The van der Waals surface area contributed by atoms with Gasteiger partial charge in [0.25, 0.3) is 0 Å². The van der Waals surface area contributed by atoms with Gasteiger partial charge in [0.05, 0.1) is 18.0 Å². The molecule has 2 aromatic carbocycles. The molecule has 4 heteroatoms. The van der Waals surface area contributed by atoms with E-state index in [0.29, 0.717) is 6.04 Å². The first kappa shape index (κ1) is 25.1. The highest BCUT2D eigenvalue weighted by atomic mass is 16.5. The number of hydrogen-bond donors (Lipinski definition) is 0. The standard InChI is InChI=1S/C32H43N3O/c1-4-5-19-35-31(24(2)33-32(35)29-14-10-7-11-15-29)25(3)34(22-26-12-8-6-9-13-26)23-27-16-17-28-18-20-36-30(28)21-27/h7,10-11,14-17,21,25-26H,4-6,8-9,12-13,18-20,22-23H2,1-3H3/t25-/m0/s1. The van der Waals surface area contributed by atoms with E-state index in [-0.39, 0.29) is 0 Å². The lowest BCUT2D eigenvalue weighted by Gasteiger charge is -2.35. The summed E-state index contributed by atoms with van der Waals surface area (Å²) in [5.74, 6) is 2.99. The summed E-state index contributed by atoms with van der Waals surface area (Å²) in [4.78, 5) is 7.88. The lowest BCUT2D eigenvalue weighted by Crippen LogP contribution is -2.34. The van der Waals surface area contributed by atoms with Crippen molar-refractivity contribution < 1.29 is 4.74 Å². The van der Waals surface area contributed by atoms with Gasteiger partial charge in [0, 0.05) is 37.7 Å². The summed E-state index contributed by atoms with van der Waals surface area (Å²) >= 11 is 0. The second-order valence-electron chi connectivity index (χ2n) is 10.9. The molecule has 0 unspecified atom stereocenters. The average Bonchev–Trinajstić information content (AvgIpc) is 3.51. The Morgan fingerprint density at radius 3 is 2.67 bits per heavy atom. The number of hydrogen-bond acceptors (Lipinski definition) is 3. The van der Waals surface area contributed by atoms with E-state index in [2.05, 4.69) is 78.8 Å². The van der Waals surface area contributed by atoms with Crippen molar-refractivity contribution in [2.75, 3.05) is 13.2 Å². The van der Waals surface area contributed by atoms with Crippen LogP contribution in [0, 0.1) is 12.8 Å². The van der Waals surface area contributed by atoms with Crippen LogP contribution in [0.3, 0.4) is 0 Å². The summed E-state index contributed by atoms with van der Waals surface area (Å²) in [5, 5.41) is 0. The van der Waals surface area contributed by atoms with Gasteiger partial charge in [-0.1, -0.05) is 75.1 Å². The van der Waals surface area contributed by atoms with Crippen LogP contribution in [0.2, 0.25) is 0 Å². The predicted octanol–water partition coefficient (Wildman–Crippen LogP) is 7.74. The smallest absolute Gasteiger partial charge is 0.140 e. The van der Waals surface area contributed by atoms with Crippen LogP contribution in [-0.2, 0) is 19.5 Å². The van der Waals surface area contributed by atoms with E-state index in [1.165, 1.54) is 73.0 Å². The molecule has 2 heterocycles. The molecule has 4 nitrogen and oxygen atoms in total. The molecule has 3 aromatic rings. The summed E-state index contributed by atoms with van der Waals surface area (Å²) in [6.45, 7) is 10.8. The number of unbranched alkanes of at least 4 members (excludes halogenated alkanes) is 1. The maximum atomic E-state index is 5.92. The number of fused-ring (bicyclic) bond motifs is 1. The Morgan fingerprint density at radius 2 is 1.89 bits per heavy atom. The molecule has 2 aliphatic rings. The first-order valence-electron chi connectivity index (χ1n) is 14.2. The maximum absolute atomic E-state index is 5.92. The van der Waals surface area contributed by atoms with Crippen LogP contribution in [-0.4, -0.2) is 27.6 Å². The molecule has 36 heavy (non-hydrogen) atoms. The fraction of sp³-hybridized carbons (Fsp3) is 0.531. The van der Waals surface area contributed by atoms with E-state index in [4.69, 9.17) is 9.72 Å².